The van der Waals surface area contributed by atoms with Gasteiger partial charge in [-0.3, -0.25) is 4.79 Å². The molecule has 6 nitrogen and oxygen atoms in total. The molecule has 3 N–H and O–H groups in total. The number of nitrogens with two attached hydrogens (primary N) is 1. The van der Waals surface area contributed by atoms with Crippen molar-refractivity contribution >= 4 is 34.2 Å². The number of aryl methyl sites for hydroxylation is 1. The fourth-order valence-electron chi connectivity index (χ4n) is 3.95. The van der Waals surface area contributed by atoms with Crippen LogP contribution in [0.4, 0.5) is 5.82 Å². The Morgan fingerprint density at radius 1 is 1.03 bits per heavy atom. The molecule has 0 atom stereocenters. The maximum Gasteiger partial charge on any atom is 0.250 e. The van der Waals surface area contributed by atoms with Gasteiger partial charge in [-0.25, -0.2) is 9.97 Å². The highest BCUT2D eigenvalue weighted by Crippen LogP contribution is 2.35. The SMILES string of the molecule is NC(=O)c1cccc2c(-c3nc4c(c(NCc5ccccc5)n3)CCCC4)snc12. The number of primary amides is 1. The second-order valence-corrected chi connectivity index (χ2v) is 8.22. The largest absolute Gasteiger partial charge is 0.366 e. The summed E-state index contributed by atoms with van der Waals surface area (Å²) in [6, 6.07) is 15.8. The molecule has 0 radical (unpaired) electrons. The van der Waals surface area contributed by atoms with Crippen LogP contribution in [0.5, 0.6) is 0 Å². The van der Waals surface area contributed by atoms with Gasteiger partial charge in [0.1, 0.15) is 10.7 Å². The summed E-state index contributed by atoms with van der Waals surface area (Å²) >= 11 is 1.31. The van der Waals surface area contributed by atoms with E-state index in [4.69, 9.17) is 15.7 Å². The van der Waals surface area contributed by atoms with Crippen molar-refractivity contribution in [3.8, 4) is 10.7 Å². The second kappa shape index (κ2) is 7.84. The molecule has 0 unspecified atom stereocenters. The molecule has 2 aromatic heterocycles. The first-order chi connectivity index (χ1) is 14.7. The van der Waals surface area contributed by atoms with Gasteiger partial charge < -0.3 is 11.1 Å². The lowest BCUT2D eigenvalue weighted by Crippen LogP contribution is -2.13. The maximum absolute atomic E-state index is 11.8. The molecule has 1 aliphatic rings. The molecule has 150 valence electrons. The zero-order valence-electron chi connectivity index (χ0n) is 16.4. The lowest BCUT2D eigenvalue weighted by molar-refractivity contribution is 0.100. The lowest BCUT2D eigenvalue weighted by atomic mass is 9.96. The van der Waals surface area contributed by atoms with Gasteiger partial charge in [0.2, 0.25) is 0 Å². The van der Waals surface area contributed by atoms with E-state index in [0.717, 1.165) is 47.5 Å². The lowest BCUT2D eigenvalue weighted by Gasteiger charge is -2.19. The molecule has 0 fully saturated rings. The van der Waals surface area contributed by atoms with Gasteiger partial charge in [0, 0.05) is 23.2 Å². The van der Waals surface area contributed by atoms with Crippen LogP contribution in [0.1, 0.15) is 40.0 Å². The fourth-order valence-corrected chi connectivity index (χ4v) is 4.76. The molecule has 2 heterocycles. The Kier molecular flexibility index (Phi) is 4.88. The minimum atomic E-state index is -0.478. The van der Waals surface area contributed by atoms with E-state index in [0.29, 0.717) is 23.4 Å². The third-order valence-corrected chi connectivity index (χ3v) is 6.32. The highest BCUT2D eigenvalue weighted by atomic mass is 32.1. The Morgan fingerprint density at radius 3 is 2.70 bits per heavy atom. The quantitative estimate of drug-likeness (QED) is 0.506. The van der Waals surface area contributed by atoms with Gasteiger partial charge in [-0.1, -0.05) is 42.5 Å². The van der Waals surface area contributed by atoms with E-state index in [1.807, 2.05) is 30.3 Å². The molecule has 30 heavy (non-hydrogen) atoms. The highest BCUT2D eigenvalue weighted by Gasteiger charge is 2.21. The monoisotopic (exact) mass is 415 g/mol. The third-order valence-electron chi connectivity index (χ3n) is 5.46. The van der Waals surface area contributed by atoms with Crippen LogP contribution in [-0.4, -0.2) is 20.2 Å². The van der Waals surface area contributed by atoms with E-state index in [1.165, 1.54) is 22.7 Å². The smallest absolute Gasteiger partial charge is 0.250 e. The van der Waals surface area contributed by atoms with Gasteiger partial charge in [0.15, 0.2) is 5.82 Å². The van der Waals surface area contributed by atoms with E-state index in [-0.39, 0.29) is 0 Å². The number of carbonyl (C=O) groups excluding carboxylic acids is 1. The fraction of sp³-hybridized carbons (Fsp3) is 0.217. The summed E-state index contributed by atoms with van der Waals surface area (Å²) in [6.07, 6.45) is 4.23. The molecule has 2 aromatic carbocycles. The third kappa shape index (κ3) is 3.41. The van der Waals surface area contributed by atoms with Gasteiger partial charge in [0.05, 0.1) is 11.1 Å². The van der Waals surface area contributed by atoms with Crippen LogP contribution in [0, 0.1) is 0 Å². The molecule has 4 aromatic rings. The summed E-state index contributed by atoms with van der Waals surface area (Å²) in [5.74, 6) is 1.07. The number of benzene rings is 2. The molecule has 5 rings (SSSR count). The van der Waals surface area contributed by atoms with Gasteiger partial charge in [-0.2, -0.15) is 4.37 Å². The first kappa shape index (κ1) is 18.7. The minimum Gasteiger partial charge on any atom is -0.366 e. The van der Waals surface area contributed by atoms with Gasteiger partial charge >= 0.3 is 0 Å². The van der Waals surface area contributed by atoms with Gasteiger partial charge in [-0.15, -0.1) is 0 Å². The average Bonchev–Trinajstić information content (AvgIpc) is 3.22. The number of nitrogens with zero attached hydrogens (tertiary/aromatic N) is 3. The molecule has 0 saturated heterocycles. The van der Waals surface area contributed by atoms with Crippen molar-refractivity contribution in [3.63, 3.8) is 0 Å². The summed E-state index contributed by atoms with van der Waals surface area (Å²) in [5, 5.41) is 4.39. The molecular formula is C23H21N5OS. The normalized spacial score (nSPS) is 13.2. The Labute approximate surface area is 178 Å². The first-order valence-electron chi connectivity index (χ1n) is 10.1. The zero-order valence-corrected chi connectivity index (χ0v) is 17.2. The van der Waals surface area contributed by atoms with E-state index in [9.17, 15) is 4.79 Å². The van der Waals surface area contributed by atoms with E-state index >= 15 is 0 Å². The van der Waals surface area contributed by atoms with Gasteiger partial charge in [0.25, 0.3) is 5.91 Å². The minimum absolute atomic E-state index is 0.426. The van der Waals surface area contributed by atoms with Crippen LogP contribution < -0.4 is 11.1 Å². The van der Waals surface area contributed by atoms with Crippen molar-refractivity contribution in [1.29, 1.82) is 0 Å². The molecular weight excluding hydrogens is 394 g/mol. The predicted molar refractivity (Wildman–Crippen MR) is 120 cm³/mol. The van der Waals surface area contributed by atoms with Crippen molar-refractivity contribution < 1.29 is 4.79 Å². The van der Waals surface area contributed by atoms with Crippen molar-refractivity contribution in [2.24, 2.45) is 5.73 Å². The van der Waals surface area contributed by atoms with Crippen LogP contribution in [0.2, 0.25) is 0 Å². The van der Waals surface area contributed by atoms with Crippen molar-refractivity contribution in [1.82, 2.24) is 14.3 Å². The molecule has 1 aliphatic carbocycles. The molecule has 0 bridgehead atoms. The molecule has 1 amide bonds. The van der Waals surface area contributed by atoms with Crippen LogP contribution in [-0.2, 0) is 19.4 Å². The number of hydrogen-bond acceptors (Lipinski definition) is 6. The molecule has 7 heteroatoms. The first-order valence-corrected chi connectivity index (χ1v) is 10.8. The van der Waals surface area contributed by atoms with Crippen molar-refractivity contribution in [2.45, 2.75) is 32.2 Å². The Bertz CT molecular complexity index is 1240. The summed E-state index contributed by atoms with van der Waals surface area (Å²) in [5.41, 5.74) is 10.1. The molecule has 0 saturated carbocycles. The average molecular weight is 416 g/mol. The van der Waals surface area contributed by atoms with Crippen LogP contribution in [0.15, 0.2) is 48.5 Å². The number of anilines is 1. The Balaban J connectivity index is 1.58. The summed E-state index contributed by atoms with van der Waals surface area (Å²) in [7, 11) is 0. The van der Waals surface area contributed by atoms with Crippen LogP contribution in [0.3, 0.4) is 0 Å². The Hall–Kier alpha value is -3.32. The van der Waals surface area contributed by atoms with Gasteiger partial charge in [-0.05, 0) is 48.8 Å². The topological polar surface area (TPSA) is 93.8 Å². The van der Waals surface area contributed by atoms with E-state index in [1.54, 1.807) is 6.07 Å². The molecule has 0 spiro atoms. The number of carbonyl (C=O) groups is 1. The van der Waals surface area contributed by atoms with Crippen LogP contribution >= 0.6 is 11.5 Å². The number of rotatable bonds is 5. The van der Waals surface area contributed by atoms with Crippen molar-refractivity contribution in [2.75, 3.05) is 5.32 Å². The molecule has 0 aliphatic heterocycles. The summed E-state index contributed by atoms with van der Waals surface area (Å²) < 4.78 is 4.49. The number of amides is 1. The number of fused-ring (bicyclic) bond motifs is 2. The number of hydrogen-bond donors (Lipinski definition) is 2. The predicted octanol–water partition coefficient (Wildman–Crippen LogP) is 4.34. The highest BCUT2D eigenvalue weighted by molar-refractivity contribution is 7.11. The number of nitrogens with one attached hydrogen (secondary N) is 1. The Morgan fingerprint density at radius 2 is 1.87 bits per heavy atom. The number of aromatic nitrogens is 3. The van der Waals surface area contributed by atoms with Crippen molar-refractivity contribution in [3.05, 3.63) is 70.9 Å². The second-order valence-electron chi connectivity index (χ2n) is 7.45. The summed E-state index contributed by atoms with van der Waals surface area (Å²) in [6.45, 7) is 0.707. The van der Waals surface area contributed by atoms with Crippen LogP contribution in [0.25, 0.3) is 21.6 Å². The van der Waals surface area contributed by atoms with E-state index in [2.05, 4.69) is 21.8 Å². The standard InChI is InChI=1S/C23H21N5OS/c24-21(29)17-11-6-10-16-19(17)28-30-20(16)23-26-18-12-5-4-9-15(18)22(27-23)25-13-14-7-2-1-3-8-14/h1-3,6-8,10-11H,4-5,9,12-13H2,(H2,24,29)(H,25,26,27). The maximum atomic E-state index is 11.8. The van der Waals surface area contributed by atoms with E-state index < -0.39 is 5.91 Å². The summed E-state index contributed by atoms with van der Waals surface area (Å²) in [4.78, 5) is 22.4. The zero-order chi connectivity index (χ0) is 20.5.